The molecule has 2 aliphatic rings. The number of carbonyl (C=O) groups excluding carboxylic acids is 2. The Kier molecular flexibility index (Phi) is 3.18. The first-order valence-corrected chi connectivity index (χ1v) is 7.84. The molecule has 0 spiro atoms. The molecule has 1 unspecified atom stereocenters. The molecule has 0 aliphatic carbocycles. The molecule has 6 nitrogen and oxygen atoms in total. The van der Waals surface area contributed by atoms with E-state index in [9.17, 15) is 9.59 Å². The molecular formula is C17H18N4O2. The van der Waals surface area contributed by atoms with Crippen molar-refractivity contribution in [3.8, 4) is 0 Å². The molecule has 0 saturated carbocycles. The number of benzene rings is 1. The van der Waals surface area contributed by atoms with Gasteiger partial charge in [0.2, 0.25) is 11.8 Å². The zero-order valence-corrected chi connectivity index (χ0v) is 13.0. The maximum absolute atomic E-state index is 12.1. The van der Waals surface area contributed by atoms with Crippen LogP contribution < -0.4 is 10.2 Å². The van der Waals surface area contributed by atoms with Gasteiger partial charge in [0.25, 0.3) is 0 Å². The number of rotatable bonds is 2. The average molecular weight is 310 g/mol. The van der Waals surface area contributed by atoms with Crippen LogP contribution in [0.5, 0.6) is 0 Å². The predicted molar refractivity (Wildman–Crippen MR) is 86.3 cm³/mol. The molecule has 2 aromatic rings. The molecule has 2 amide bonds. The Labute approximate surface area is 134 Å². The molecule has 1 fully saturated rings. The smallest absolute Gasteiger partial charge is 0.227 e. The summed E-state index contributed by atoms with van der Waals surface area (Å²) in [5.74, 6) is 0.155. The lowest BCUT2D eigenvalue weighted by molar-refractivity contribution is -0.117. The van der Waals surface area contributed by atoms with E-state index in [2.05, 4.69) is 10.4 Å². The van der Waals surface area contributed by atoms with Gasteiger partial charge < -0.3 is 10.2 Å². The van der Waals surface area contributed by atoms with Crippen molar-refractivity contribution in [3.63, 3.8) is 0 Å². The third-order valence-corrected chi connectivity index (χ3v) is 4.59. The highest BCUT2D eigenvalue weighted by atomic mass is 16.2. The Morgan fingerprint density at radius 2 is 2.17 bits per heavy atom. The van der Waals surface area contributed by atoms with Gasteiger partial charge in [-0.25, -0.2) is 0 Å². The van der Waals surface area contributed by atoms with Crippen molar-refractivity contribution in [1.82, 2.24) is 9.78 Å². The fraction of sp³-hybridized carbons (Fsp3) is 0.353. The van der Waals surface area contributed by atoms with Gasteiger partial charge in [-0.05, 0) is 29.7 Å². The lowest BCUT2D eigenvalue weighted by atomic mass is 9.86. The SMILES string of the molecule is Cn1cc(C2CC(=O)Nc3cc(N4CCCC4=O)ccc32)cn1. The molecule has 4 rings (SSSR count). The van der Waals surface area contributed by atoms with Crippen molar-refractivity contribution in [3.05, 3.63) is 41.7 Å². The van der Waals surface area contributed by atoms with Gasteiger partial charge in [-0.2, -0.15) is 5.10 Å². The van der Waals surface area contributed by atoms with Crippen LogP contribution in [0.1, 0.15) is 36.3 Å². The Balaban J connectivity index is 1.74. The number of anilines is 2. The van der Waals surface area contributed by atoms with Crippen LogP contribution in [-0.2, 0) is 16.6 Å². The lowest BCUT2D eigenvalue weighted by Crippen LogP contribution is -2.26. The number of fused-ring (bicyclic) bond motifs is 1. The molecular weight excluding hydrogens is 292 g/mol. The van der Waals surface area contributed by atoms with Crippen molar-refractivity contribution >= 4 is 23.2 Å². The minimum absolute atomic E-state index is 0.00347. The summed E-state index contributed by atoms with van der Waals surface area (Å²) in [6.45, 7) is 0.748. The van der Waals surface area contributed by atoms with E-state index in [1.54, 1.807) is 9.58 Å². The first kappa shape index (κ1) is 14.0. The second kappa shape index (κ2) is 5.22. The Morgan fingerprint density at radius 1 is 1.30 bits per heavy atom. The maximum atomic E-state index is 12.1. The zero-order valence-electron chi connectivity index (χ0n) is 13.0. The zero-order chi connectivity index (χ0) is 16.0. The topological polar surface area (TPSA) is 67.2 Å². The highest BCUT2D eigenvalue weighted by Crippen LogP contribution is 2.39. The van der Waals surface area contributed by atoms with Gasteiger partial charge in [-0.1, -0.05) is 6.07 Å². The van der Waals surface area contributed by atoms with Crippen molar-refractivity contribution < 1.29 is 9.59 Å². The first-order chi connectivity index (χ1) is 11.1. The molecule has 3 heterocycles. The Morgan fingerprint density at radius 3 is 2.87 bits per heavy atom. The van der Waals surface area contributed by atoms with E-state index in [4.69, 9.17) is 0 Å². The van der Waals surface area contributed by atoms with Gasteiger partial charge in [0.15, 0.2) is 0 Å². The number of aryl methyl sites for hydroxylation is 1. The van der Waals surface area contributed by atoms with Crippen LogP contribution in [0.15, 0.2) is 30.6 Å². The summed E-state index contributed by atoms with van der Waals surface area (Å²) in [7, 11) is 1.87. The van der Waals surface area contributed by atoms with E-state index >= 15 is 0 Å². The van der Waals surface area contributed by atoms with Crippen LogP contribution in [0.3, 0.4) is 0 Å². The number of nitrogens with zero attached hydrogens (tertiary/aromatic N) is 3. The van der Waals surface area contributed by atoms with Crippen LogP contribution in [-0.4, -0.2) is 28.1 Å². The molecule has 1 aromatic heterocycles. The third-order valence-electron chi connectivity index (χ3n) is 4.59. The van der Waals surface area contributed by atoms with Gasteiger partial charge >= 0.3 is 0 Å². The van der Waals surface area contributed by atoms with Crippen LogP contribution in [0.25, 0.3) is 0 Å². The molecule has 1 N–H and O–H groups in total. The highest BCUT2D eigenvalue weighted by Gasteiger charge is 2.29. The molecule has 23 heavy (non-hydrogen) atoms. The second-order valence-corrected chi connectivity index (χ2v) is 6.17. The Hall–Kier alpha value is -2.63. The first-order valence-electron chi connectivity index (χ1n) is 7.84. The summed E-state index contributed by atoms with van der Waals surface area (Å²) >= 11 is 0. The summed E-state index contributed by atoms with van der Waals surface area (Å²) in [5.41, 5.74) is 3.77. The highest BCUT2D eigenvalue weighted by molar-refractivity contribution is 5.99. The molecule has 118 valence electrons. The summed E-state index contributed by atoms with van der Waals surface area (Å²) in [6, 6.07) is 5.91. The number of carbonyl (C=O) groups is 2. The average Bonchev–Trinajstić information content (AvgIpc) is 3.14. The van der Waals surface area contributed by atoms with Crippen molar-refractivity contribution in [2.45, 2.75) is 25.2 Å². The quantitative estimate of drug-likeness (QED) is 0.923. The molecule has 2 aliphatic heterocycles. The van der Waals surface area contributed by atoms with Gasteiger partial charge in [-0.15, -0.1) is 0 Å². The number of amides is 2. The van der Waals surface area contributed by atoms with Gasteiger partial charge in [0.05, 0.1) is 6.20 Å². The van der Waals surface area contributed by atoms with E-state index in [1.807, 2.05) is 37.6 Å². The minimum atomic E-state index is -0.00347. The third kappa shape index (κ3) is 2.40. The number of aromatic nitrogens is 2. The molecule has 1 aromatic carbocycles. The summed E-state index contributed by atoms with van der Waals surface area (Å²) in [6.07, 6.45) is 5.67. The Bertz CT molecular complexity index is 796. The summed E-state index contributed by atoms with van der Waals surface area (Å²) in [5, 5.41) is 7.15. The summed E-state index contributed by atoms with van der Waals surface area (Å²) < 4.78 is 1.75. The van der Waals surface area contributed by atoms with Crippen molar-refractivity contribution in [1.29, 1.82) is 0 Å². The predicted octanol–water partition coefficient (Wildman–Crippen LogP) is 2.02. The van der Waals surface area contributed by atoms with Crippen molar-refractivity contribution in [2.75, 3.05) is 16.8 Å². The second-order valence-electron chi connectivity index (χ2n) is 6.17. The molecule has 0 bridgehead atoms. The van der Waals surface area contributed by atoms with Crippen LogP contribution in [0.2, 0.25) is 0 Å². The molecule has 6 heteroatoms. The lowest BCUT2D eigenvalue weighted by Gasteiger charge is -2.27. The largest absolute Gasteiger partial charge is 0.326 e. The van der Waals surface area contributed by atoms with Crippen LogP contribution >= 0.6 is 0 Å². The van der Waals surface area contributed by atoms with E-state index in [0.717, 1.165) is 35.5 Å². The van der Waals surface area contributed by atoms with Gasteiger partial charge in [-0.3, -0.25) is 14.3 Å². The number of nitrogens with one attached hydrogen (secondary N) is 1. The standard InChI is InChI=1S/C17H18N4O2/c1-20-10-11(9-18-20)14-8-16(22)19-15-7-12(4-5-13(14)15)21-6-2-3-17(21)23/h4-5,7,9-10,14H,2-3,6,8H2,1H3,(H,19,22). The van der Waals surface area contributed by atoms with E-state index in [1.165, 1.54) is 0 Å². The molecule has 1 atom stereocenters. The normalized spacial score (nSPS) is 20.6. The van der Waals surface area contributed by atoms with Gasteiger partial charge in [0, 0.05) is 49.9 Å². The number of hydrogen-bond donors (Lipinski definition) is 1. The van der Waals surface area contributed by atoms with E-state index in [-0.39, 0.29) is 17.7 Å². The molecule has 0 radical (unpaired) electrons. The van der Waals surface area contributed by atoms with Crippen LogP contribution in [0, 0.1) is 0 Å². The number of hydrogen-bond acceptors (Lipinski definition) is 3. The maximum Gasteiger partial charge on any atom is 0.227 e. The summed E-state index contributed by atoms with van der Waals surface area (Å²) in [4.78, 5) is 25.8. The monoisotopic (exact) mass is 310 g/mol. The molecule has 1 saturated heterocycles. The minimum Gasteiger partial charge on any atom is -0.326 e. The fourth-order valence-electron chi connectivity index (χ4n) is 3.46. The van der Waals surface area contributed by atoms with E-state index < -0.39 is 0 Å². The van der Waals surface area contributed by atoms with Gasteiger partial charge in [0.1, 0.15) is 0 Å². The van der Waals surface area contributed by atoms with E-state index in [0.29, 0.717) is 12.8 Å². The van der Waals surface area contributed by atoms with Crippen LogP contribution in [0.4, 0.5) is 11.4 Å². The fourth-order valence-corrected chi connectivity index (χ4v) is 3.46. The van der Waals surface area contributed by atoms with Crippen molar-refractivity contribution in [2.24, 2.45) is 7.05 Å².